The lowest BCUT2D eigenvalue weighted by molar-refractivity contribution is -0.131. The molecule has 0 spiro atoms. The highest BCUT2D eigenvalue weighted by Crippen LogP contribution is 2.36. The van der Waals surface area contributed by atoms with Crippen LogP contribution in [0, 0.1) is 0 Å². The number of para-hydroxylation sites is 1. The minimum atomic E-state index is -3.72. The van der Waals surface area contributed by atoms with Gasteiger partial charge < -0.3 is 19.3 Å². The van der Waals surface area contributed by atoms with Crippen LogP contribution in [0.3, 0.4) is 0 Å². The zero-order valence-electron chi connectivity index (χ0n) is 16.7. The van der Waals surface area contributed by atoms with E-state index in [-0.39, 0.29) is 29.5 Å². The summed E-state index contributed by atoms with van der Waals surface area (Å²) in [5.41, 5.74) is 0. The van der Waals surface area contributed by atoms with Gasteiger partial charge >= 0.3 is 0 Å². The number of carbonyl (C=O) groups excluding carboxylic acids is 1. The van der Waals surface area contributed by atoms with Crippen molar-refractivity contribution < 1.29 is 22.7 Å². The Hall–Kier alpha value is -1.68. The van der Waals surface area contributed by atoms with Crippen molar-refractivity contribution in [3.63, 3.8) is 0 Å². The van der Waals surface area contributed by atoms with Crippen LogP contribution in [0.25, 0.3) is 0 Å². The molecular formula is C19H29N3O5S. The molecule has 0 saturated carbocycles. The highest BCUT2D eigenvalue weighted by atomic mass is 32.2. The highest BCUT2D eigenvalue weighted by Gasteiger charge is 2.43. The second-order valence-electron chi connectivity index (χ2n) is 7.47. The van der Waals surface area contributed by atoms with Gasteiger partial charge in [0.2, 0.25) is 15.9 Å². The fraction of sp³-hybridized carbons (Fsp3) is 0.632. The van der Waals surface area contributed by atoms with Crippen molar-refractivity contribution in [2.75, 3.05) is 54.0 Å². The molecule has 9 heteroatoms. The fourth-order valence-electron chi connectivity index (χ4n) is 3.84. The van der Waals surface area contributed by atoms with Crippen molar-refractivity contribution in [2.24, 2.45) is 0 Å². The Balaban J connectivity index is 1.92. The van der Waals surface area contributed by atoms with Gasteiger partial charge in [-0.25, -0.2) is 8.42 Å². The van der Waals surface area contributed by atoms with Gasteiger partial charge in [-0.15, -0.1) is 0 Å². The van der Waals surface area contributed by atoms with Crippen LogP contribution in [0.2, 0.25) is 0 Å². The number of rotatable bonds is 5. The molecule has 2 atom stereocenters. The first-order valence-electron chi connectivity index (χ1n) is 9.53. The smallest absolute Gasteiger partial charge is 0.247 e. The van der Waals surface area contributed by atoms with E-state index in [2.05, 4.69) is 0 Å². The van der Waals surface area contributed by atoms with Gasteiger partial charge in [0.15, 0.2) is 0 Å². The summed E-state index contributed by atoms with van der Waals surface area (Å²) in [6.07, 6.45) is 0.797. The zero-order valence-corrected chi connectivity index (χ0v) is 17.5. The van der Waals surface area contributed by atoms with Crippen LogP contribution in [-0.4, -0.2) is 94.6 Å². The van der Waals surface area contributed by atoms with Crippen molar-refractivity contribution >= 4 is 15.9 Å². The first kappa shape index (κ1) is 21.0. The Labute approximate surface area is 167 Å². The summed E-state index contributed by atoms with van der Waals surface area (Å²) in [6, 6.07) is 6.42. The third-order valence-corrected chi connectivity index (χ3v) is 7.18. The number of sulfonamides is 1. The molecule has 2 aliphatic rings. The maximum Gasteiger partial charge on any atom is 0.247 e. The van der Waals surface area contributed by atoms with E-state index in [1.807, 2.05) is 23.9 Å². The largest absolute Gasteiger partial charge is 0.487 e. The normalized spacial score (nSPS) is 24.6. The van der Waals surface area contributed by atoms with Gasteiger partial charge in [0.05, 0.1) is 19.2 Å². The molecule has 156 valence electrons. The van der Waals surface area contributed by atoms with Gasteiger partial charge in [0, 0.05) is 33.2 Å². The van der Waals surface area contributed by atoms with E-state index in [0.717, 1.165) is 0 Å². The number of carbonyl (C=O) groups is 1. The Kier molecular flexibility index (Phi) is 6.59. The van der Waals surface area contributed by atoms with E-state index >= 15 is 0 Å². The first-order valence-corrected chi connectivity index (χ1v) is 11.0. The van der Waals surface area contributed by atoms with E-state index in [1.54, 1.807) is 31.4 Å². The van der Waals surface area contributed by atoms with Crippen LogP contribution in [0.15, 0.2) is 29.2 Å². The molecule has 8 nitrogen and oxygen atoms in total. The molecule has 2 aliphatic heterocycles. The second-order valence-corrected chi connectivity index (χ2v) is 9.33. The number of hydrogen-bond donors (Lipinski definition) is 0. The standard InChI is InChI=1S/C19H29N3O5S/c1-20(2)14-19(23)21-10-8-15-16(9-11-21)27-17-6-4-5-7-18(17)28(24,25)22(15)12-13-26-3/h4-7,15-16H,8-14H2,1-3H3/t15-,16-/m1/s1. The van der Waals surface area contributed by atoms with Gasteiger partial charge in [0.1, 0.15) is 16.7 Å². The highest BCUT2D eigenvalue weighted by molar-refractivity contribution is 7.89. The number of methoxy groups -OCH3 is 1. The predicted octanol–water partition coefficient (Wildman–Crippen LogP) is 0.637. The Morgan fingerprint density at radius 1 is 1.25 bits per heavy atom. The Bertz CT molecular complexity index is 799. The summed E-state index contributed by atoms with van der Waals surface area (Å²) >= 11 is 0. The van der Waals surface area contributed by atoms with E-state index in [9.17, 15) is 13.2 Å². The Morgan fingerprint density at radius 2 is 1.96 bits per heavy atom. The lowest BCUT2D eigenvalue weighted by atomic mass is 10.1. The predicted molar refractivity (Wildman–Crippen MR) is 105 cm³/mol. The lowest BCUT2D eigenvalue weighted by Gasteiger charge is -2.31. The van der Waals surface area contributed by atoms with Crippen molar-refractivity contribution in [1.82, 2.24) is 14.1 Å². The Morgan fingerprint density at radius 3 is 2.68 bits per heavy atom. The summed E-state index contributed by atoms with van der Waals surface area (Å²) in [6.45, 7) is 1.95. The summed E-state index contributed by atoms with van der Waals surface area (Å²) < 4.78 is 39.6. The molecule has 1 aromatic rings. The minimum absolute atomic E-state index is 0.0492. The van der Waals surface area contributed by atoms with Crippen molar-refractivity contribution in [3.05, 3.63) is 24.3 Å². The van der Waals surface area contributed by atoms with Gasteiger partial charge in [-0.05, 0) is 32.6 Å². The fourth-order valence-corrected chi connectivity index (χ4v) is 5.63. The summed E-state index contributed by atoms with van der Waals surface area (Å²) in [5.74, 6) is 0.429. The molecule has 0 bridgehead atoms. The summed E-state index contributed by atoms with van der Waals surface area (Å²) in [5, 5.41) is 0. The van der Waals surface area contributed by atoms with Crippen LogP contribution in [-0.2, 0) is 19.6 Å². The SMILES string of the molecule is COCCN1[C@@H]2CCN(C(=O)CN(C)C)CC[C@H]2Oc2ccccc2S1(=O)=O. The van der Waals surface area contributed by atoms with E-state index in [1.165, 1.54) is 4.31 Å². The average Bonchev–Trinajstić information content (AvgIpc) is 2.88. The minimum Gasteiger partial charge on any atom is -0.487 e. The van der Waals surface area contributed by atoms with Crippen molar-refractivity contribution in [2.45, 2.75) is 29.9 Å². The number of likely N-dealkylation sites (N-methyl/N-ethyl adjacent to an activating group) is 1. The van der Waals surface area contributed by atoms with Gasteiger partial charge in [-0.1, -0.05) is 12.1 Å². The van der Waals surface area contributed by atoms with Gasteiger partial charge in [0.25, 0.3) is 0 Å². The van der Waals surface area contributed by atoms with E-state index < -0.39 is 10.0 Å². The molecule has 0 aliphatic carbocycles. The molecule has 28 heavy (non-hydrogen) atoms. The first-order chi connectivity index (χ1) is 13.3. The van der Waals surface area contributed by atoms with Gasteiger partial charge in [-0.2, -0.15) is 4.31 Å². The molecule has 0 aromatic heterocycles. The van der Waals surface area contributed by atoms with Crippen molar-refractivity contribution in [3.8, 4) is 5.75 Å². The number of amides is 1. The number of hydrogen-bond acceptors (Lipinski definition) is 6. The number of nitrogens with zero attached hydrogens (tertiary/aromatic N) is 3. The molecule has 2 heterocycles. The van der Waals surface area contributed by atoms with E-state index in [0.29, 0.717) is 44.8 Å². The van der Waals surface area contributed by atoms with Crippen LogP contribution < -0.4 is 4.74 Å². The summed E-state index contributed by atoms with van der Waals surface area (Å²) in [7, 11) is 1.56. The van der Waals surface area contributed by atoms with Crippen LogP contribution >= 0.6 is 0 Å². The second kappa shape index (κ2) is 8.77. The quantitative estimate of drug-likeness (QED) is 0.707. The zero-order chi connectivity index (χ0) is 20.3. The van der Waals surface area contributed by atoms with Crippen LogP contribution in [0.1, 0.15) is 12.8 Å². The maximum absolute atomic E-state index is 13.4. The number of fused-ring (bicyclic) bond motifs is 2. The molecule has 0 N–H and O–H groups in total. The number of ether oxygens (including phenoxy) is 2. The van der Waals surface area contributed by atoms with Crippen molar-refractivity contribution in [1.29, 1.82) is 0 Å². The summed E-state index contributed by atoms with van der Waals surface area (Å²) in [4.78, 5) is 16.4. The third-order valence-electron chi connectivity index (χ3n) is 5.21. The third kappa shape index (κ3) is 4.32. The maximum atomic E-state index is 13.4. The molecule has 1 saturated heterocycles. The van der Waals surface area contributed by atoms with E-state index in [4.69, 9.17) is 9.47 Å². The van der Waals surface area contributed by atoms with Gasteiger partial charge in [-0.3, -0.25) is 4.79 Å². The molecule has 1 aromatic carbocycles. The lowest BCUT2D eigenvalue weighted by Crippen LogP contribution is -2.48. The monoisotopic (exact) mass is 411 g/mol. The topological polar surface area (TPSA) is 79.4 Å². The molecule has 0 radical (unpaired) electrons. The molecule has 1 fully saturated rings. The molecule has 0 unspecified atom stereocenters. The van der Waals surface area contributed by atoms with Crippen LogP contribution in [0.5, 0.6) is 5.75 Å². The molecule has 1 amide bonds. The number of benzene rings is 1. The molecular weight excluding hydrogens is 382 g/mol. The van der Waals surface area contributed by atoms with Crippen LogP contribution in [0.4, 0.5) is 0 Å². The number of likely N-dealkylation sites (tertiary alicyclic amines) is 1. The average molecular weight is 412 g/mol. The molecule has 3 rings (SSSR count).